The molecule has 0 bridgehead atoms. The molecule has 0 radical (unpaired) electrons. The molecule has 1 heterocycles. The van der Waals surface area contributed by atoms with Crippen molar-refractivity contribution in [2.24, 2.45) is 0 Å². The first-order chi connectivity index (χ1) is 15.0. The largest absolute Gasteiger partial charge is 0.443 e. The minimum atomic E-state index is -3.93. The zero-order valence-electron chi connectivity index (χ0n) is 19.4. The Morgan fingerprint density at radius 1 is 1.33 bits per heavy atom. The van der Waals surface area contributed by atoms with E-state index in [0.29, 0.717) is 9.99 Å². The van der Waals surface area contributed by atoms with Crippen LogP contribution in [0.15, 0.2) is 18.2 Å². The summed E-state index contributed by atoms with van der Waals surface area (Å²) in [7, 11) is -2.78. The van der Waals surface area contributed by atoms with Crippen LogP contribution in [0.3, 0.4) is 0 Å². The fourth-order valence-corrected chi connectivity index (χ4v) is 4.90. The first-order valence-electron chi connectivity index (χ1n) is 10.1. The normalized spacial score (nSPS) is 16.1. The summed E-state index contributed by atoms with van der Waals surface area (Å²) < 4.78 is 30.9. The summed E-state index contributed by atoms with van der Waals surface area (Å²) in [5.74, 6) is -0.634. The Morgan fingerprint density at radius 2 is 1.94 bits per heavy atom. The van der Waals surface area contributed by atoms with E-state index in [2.05, 4.69) is 4.85 Å². The van der Waals surface area contributed by atoms with Gasteiger partial charge < -0.3 is 9.64 Å². The van der Waals surface area contributed by atoms with Gasteiger partial charge in [-0.1, -0.05) is 17.7 Å². The van der Waals surface area contributed by atoms with Crippen molar-refractivity contribution in [3.05, 3.63) is 34.6 Å². The number of carbonyl (C=O) groups is 2. The Balaban J connectivity index is 2.14. The first-order valence-corrected chi connectivity index (χ1v) is 12.4. The maximum Gasteiger partial charge on any atom is 0.423 e. The van der Waals surface area contributed by atoms with Crippen LogP contribution in [-0.4, -0.2) is 65.2 Å². The van der Waals surface area contributed by atoms with Gasteiger partial charge in [-0.25, -0.2) is 22.4 Å². The number of nitrogens with zero attached hydrogens (tertiary/aromatic N) is 4. The van der Waals surface area contributed by atoms with Crippen LogP contribution in [0.25, 0.3) is 4.85 Å². The molecule has 0 saturated carbocycles. The third-order valence-electron chi connectivity index (χ3n) is 4.99. The Bertz CT molecular complexity index is 1120. The van der Waals surface area contributed by atoms with Crippen LogP contribution >= 0.6 is 23.8 Å². The van der Waals surface area contributed by atoms with Crippen molar-refractivity contribution in [1.82, 2.24) is 9.21 Å². The number of rotatable bonds is 6. The number of anilines is 1. The summed E-state index contributed by atoms with van der Waals surface area (Å²) >= 11 is 11.6. The number of hydrogen-bond donors (Lipinski definition) is 0. The maximum atomic E-state index is 13.1. The van der Waals surface area contributed by atoms with Gasteiger partial charge in [-0.3, -0.25) is 9.69 Å². The Morgan fingerprint density at radius 3 is 2.45 bits per heavy atom. The van der Waals surface area contributed by atoms with Crippen molar-refractivity contribution in [3.8, 4) is 0 Å². The topological polar surface area (TPSA) is 91.6 Å². The van der Waals surface area contributed by atoms with E-state index in [1.807, 2.05) is 0 Å². The number of benzene rings is 1. The van der Waals surface area contributed by atoms with Crippen LogP contribution in [0.4, 0.5) is 16.2 Å². The van der Waals surface area contributed by atoms with Gasteiger partial charge in [-0.2, -0.15) is 0 Å². The van der Waals surface area contributed by atoms with Crippen LogP contribution in [0.1, 0.15) is 41.0 Å². The molecular formula is C21H27ClN4O5S2. The van der Waals surface area contributed by atoms with E-state index in [4.69, 9.17) is 35.1 Å². The number of amides is 2. The molecule has 0 N–H and O–H groups in total. The van der Waals surface area contributed by atoms with E-state index >= 15 is 0 Å². The maximum absolute atomic E-state index is 13.1. The molecule has 1 aromatic carbocycles. The predicted octanol–water partition coefficient (Wildman–Crippen LogP) is 4.19. The molecule has 1 saturated heterocycles. The van der Waals surface area contributed by atoms with Crippen LogP contribution in [0.2, 0.25) is 5.02 Å². The van der Waals surface area contributed by atoms with Gasteiger partial charge in [0.2, 0.25) is 15.7 Å². The Kier molecular flexibility index (Phi) is 7.68. The van der Waals surface area contributed by atoms with Crippen molar-refractivity contribution < 1.29 is 22.7 Å². The minimum Gasteiger partial charge on any atom is -0.443 e. The lowest BCUT2D eigenvalue weighted by Gasteiger charge is -2.29. The average molecular weight is 515 g/mol. The summed E-state index contributed by atoms with van der Waals surface area (Å²) in [4.78, 5) is 31.5. The standard InChI is InChI=1S/C21H27ClN4O5S2/c1-20(2,3)31-19(28)24(7)33(29,30)12-8-11-25-18(32)26(17(27)21(25,4)5)14-9-10-16(23-6)15(22)13-14/h9-10,13H,8,11-12H2,1-5,7H3. The second kappa shape index (κ2) is 9.44. The molecule has 0 atom stereocenters. The highest BCUT2D eigenvalue weighted by Crippen LogP contribution is 2.36. The highest BCUT2D eigenvalue weighted by molar-refractivity contribution is 7.89. The van der Waals surface area contributed by atoms with Crippen LogP contribution < -0.4 is 4.90 Å². The van der Waals surface area contributed by atoms with E-state index < -0.39 is 27.3 Å². The zero-order valence-corrected chi connectivity index (χ0v) is 21.8. The highest BCUT2D eigenvalue weighted by atomic mass is 35.5. The summed E-state index contributed by atoms with van der Waals surface area (Å²) in [6, 6.07) is 4.59. The van der Waals surface area contributed by atoms with E-state index in [0.717, 1.165) is 7.05 Å². The summed E-state index contributed by atoms with van der Waals surface area (Å²) in [6.45, 7) is 15.6. The quantitative estimate of drug-likeness (QED) is 0.415. The van der Waals surface area contributed by atoms with Gasteiger partial charge in [0.25, 0.3) is 5.91 Å². The average Bonchev–Trinajstić information content (AvgIpc) is 2.85. The molecule has 0 aromatic heterocycles. The van der Waals surface area contributed by atoms with Gasteiger partial charge in [-0.05, 0) is 65.4 Å². The molecule has 1 aromatic rings. The van der Waals surface area contributed by atoms with E-state index in [9.17, 15) is 18.0 Å². The zero-order chi connectivity index (χ0) is 25.4. The third-order valence-corrected chi connectivity index (χ3v) is 7.48. The lowest BCUT2D eigenvalue weighted by atomic mass is 10.0. The highest BCUT2D eigenvalue weighted by Gasteiger charge is 2.49. The summed E-state index contributed by atoms with van der Waals surface area (Å²) in [6.07, 6.45) is -0.835. The molecule has 180 valence electrons. The summed E-state index contributed by atoms with van der Waals surface area (Å²) in [5.41, 5.74) is -1.17. The van der Waals surface area contributed by atoms with E-state index in [-0.39, 0.29) is 40.4 Å². The first kappa shape index (κ1) is 26.8. The lowest BCUT2D eigenvalue weighted by Crippen LogP contribution is -2.45. The fraction of sp³-hybridized carbons (Fsp3) is 0.524. The number of thiocarbonyl (C=S) groups is 1. The number of hydrogen-bond acceptors (Lipinski definition) is 6. The third kappa shape index (κ3) is 5.75. The smallest absolute Gasteiger partial charge is 0.423 e. The number of halogens is 1. The second-order valence-corrected chi connectivity index (χ2v) is 11.9. The molecule has 12 heteroatoms. The second-order valence-electron chi connectivity index (χ2n) is 9.00. The molecule has 0 aliphatic carbocycles. The molecular weight excluding hydrogens is 488 g/mol. The van der Waals surface area contributed by atoms with Gasteiger partial charge >= 0.3 is 6.09 Å². The molecule has 1 fully saturated rings. The van der Waals surface area contributed by atoms with Gasteiger partial charge in [0.05, 0.1) is 18.0 Å². The monoisotopic (exact) mass is 514 g/mol. The van der Waals surface area contributed by atoms with Crippen LogP contribution in [0, 0.1) is 6.57 Å². The Labute approximate surface area is 205 Å². The number of carbonyl (C=O) groups excluding carboxylic acids is 2. The molecule has 1 aliphatic rings. The number of sulfonamides is 1. The molecule has 2 rings (SSSR count). The molecule has 0 unspecified atom stereocenters. The van der Waals surface area contributed by atoms with Gasteiger partial charge in [0, 0.05) is 18.6 Å². The van der Waals surface area contributed by atoms with Crippen molar-refractivity contribution >= 4 is 62.3 Å². The van der Waals surface area contributed by atoms with Gasteiger partial charge in [0.1, 0.15) is 11.1 Å². The van der Waals surface area contributed by atoms with E-state index in [1.54, 1.807) is 45.6 Å². The summed E-state index contributed by atoms with van der Waals surface area (Å²) in [5, 5.41) is 0.403. The minimum absolute atomic E-state index is 0.123. The van der Waals surface area contributed by atoms with Crippen LogP contribution in [-0.2, 0) is 19.6 Å². The van der Waals surface area contributed by atoms with Gasteiger partial charge in [-0.15, -0.1) is 0 Å². The van der Waals surface area contributed by atoms with Crippen molar-refractivity contribution in [2.75, 3.05) is 24.2 Å². The SMILES string of the molecule is [C-]#[N+]c1ccc(N2C(=O)C(C)(C)N(CCCS(=O)(=O)N(C)C(=O)OC(C)(C)C)C2=S)cc1Cl. The van der Waals surface area contributed by atoms with Gasteiger partial charge in [0.15, 0.2) is 5.11 Å². The fourth-order valence-electron chi connectivity index (χ4n) is 3.15. The molecule has 9 nitrogen and oxygen atoms in total. The molecule has 1 aliphatic heterocycles. The van der Waals surface area contributed by atoms with Crippen molar-refractivity contribution in [2.45, 2.75) is 52.2 Å². The lowest BCUT2D eigenvalue weighted by molar-refractivity contribution is -0.123. The molecule has 0 spiro atoms. The van der Waals surface area contributed by atoms with Crippen molar-refractivity contribution in [3.63, 3.8) is 0 Å². The predicted molar refractivity (Wildman–Crippen MR) is 131 cm³/mol. The Hall–Kier alpha value is -2.42. The number of ether oxygens (including phenoxy) is 1. The van der Waals surface area contributed by atoms with Crippen molar-refractivity contribution in [1.29, 1.82) is 0 Å². The van der Waals surface area contributed by atoms with E-state index in [1.165, 1.54) is 17.0 Å². The molecule has 2 amide bonds. The van der Waals surface area contributed by atoms with Crippen LogP contribution in [0.5, 0.6) is 0 Å². The molecule has 33 heavy (non-hydrogen) atoms.